The fraction of sp³-hybridized carbons (Fsp3) is 0.875. The fourth-order valence-electron chi connectivity index (χ4n) is 1.99. The predicted molar refractivity (Wildman–Crippen MR) is 46.6 cm³/mol. The maximum absolute atomic E-state index is 11.0. The third kappa shape index (κ3) is 0.975. The fourth-order valence-corrected chi connectivity index (χ4v) is 3.05. The third-order valence-electron chi connectivity index (χ3n) is 2.93. The van der Waals surface area contributed by atoms with Crippen molar-refractivity contribution in [3.05, 3.63) is 0 Å². The molecule has 1 aliphatic carbocycles. The number of likely N-dealkylation sites (tertiary alicyclic amines) is 1. The van der Waals surface area contributed by atoms with Gasteiger partial charge in [-0.2, -0.15) is 11.8 Å². The molecule has 1 amide bonds. The quantitative estimate of drug-likeness (QED) is 0.586. The van der Waals surface area contributed by atoms with E-state index in [0.717, 1.165) is 19.0 Å². The molecule has 0 radical (unpaired) electrons. The van der Waals surface area contributed by atoms with Crippen LogP contribution in [0.5, 0.6) is 0 Å². The van der Waals surface area contributed by atoms with Gasteiger partial charge in [0.25, 0.3) is 0 Å². The van der Waals surface area contributed by atoms with E-state index in [1.54, 1.807) is 6.92 Å². The molecule has 0 aromatic carbocycles. The van der Waals surface area contributed by atoms with Crippen molar-refractivity contribution in [3.8, 4) is 0 Å². The molecule has 2 unspecified atom stereocenters. The Morgan fingerprint density at radius 1 is 1.73 bits per heavy atom. The molecule has 0 aromatic heterocycles. The van der Waals surface area contributed by atoms with Crippen molar-refractivity contribution in [1.82, 2.24) is 4.90 Å². The summed E-state index contributed by atoms with van der Waals surface area (Å²) in [6.45, 7) is 3.67. The molecule has 0 spiro atoms. The van der Waals surface area contributed by atoms with Crippen LogP contribution >= 0.6 is 11.8 Å². The number of carbonyl (C=O) groups excluding carboxylic acids is 1. The first-order valence-corrected chi connectivity index (χ1v) is 5.21. The number of fused-ring (bicyclic) bond motifs is 1. The summed E-state index contributed by atoms with van der Waals surface area (Å²) in [5.41, 5.74) is 0. The summed E-state index contributed by atoms with van der Waals surface area (Å²) in [4.78, 5) is 13.0. The second-order valence-corrected chi connectivity index (χ2v) is 4.79. The summed E-state index contributed by atoms with van der Waals surface area (Å²) in [6.07, 6.45) is 3.49. The van der Waals surface area contributed by atoms with E-state index in [2.05, 4.69) is 6.26 Å². The van der Waals surface area contributed by atoms with Crippen LogP contribution in [-0.4, -0.2) is 34.9 Å². The maximum Gasteiger partial charge on any atom is 0.219 e. The van der Waals surface area contributed by atoms with Crippen LogP contribution in [0.4, 0.5) is 0 Å². The van der Waals surface area contributed by atoms with Crippen molar-refractivity contribution in [2.75, 3.05) is 19.3 Å². The molecule has 2 nitrogen and oxygen atoms in total. The molecule has 11 heavy (non-hydrogen) atoms. The van der Waals surface area contributed by atoms with Gasteiger partial charge in [-0.3, -0.25) is 4.79 Å². The molecule has 0 aromatic rings. The van der Waals surface area contributed by atoms with E-state index in [9.17, 15) is 4.79 Å². The smallest absolute Gasteiger partial charge is 0.219 e. The zero-order chi connectivity index (χ0) is 8.06. The number of nitrogens with zero attached hydrogens (tertiary/aromatic N) is 1. The molecule has 2 fully saturated rings. The van der Waals surface area contributed by atoms with Gasteiger partial charge in [-0.15, -0.1) is 0 Å². The van der Waals surface area contributed by atoms with Gasteiger partial charge in [-0.25, -0.2) is 0 Å². The normalized spacial score (nSPS) is 40.5. The zero-order valence-electron chi connectivity index (χ0n) is 6.96. The van der Waals surface area contributed by atoms with Crippen LogP contribution in [0.25, 0.3) is 0 Å². The molecule has 2 aliphatic rings. The van der Waals surface area contributed by atoms with Gasteiger partial charge in [0, 0.05) is 24.8 Å². The van der Waals surface area contributed by atoms with E-state index in [1.165, 1.54) is 6.42 Å². The van der Waals surface area contributed by atoms with Gasteiger partial charge < -0.3 is 4.90 Å². The summed E-state index contributed by atoms with van der Waals surface area (Å²) in [6, 6.07) is 0. The number of thioether (sulfide) groups is 1. The van der Waals surface area contributed by atoms with Crippen molar-refractivity contribution in [3.63, 3.8) is 0 Å². The van der Waals surface area contributed by atoms with Crippen molar-refractivity contribution in [1.29, 1.82) is 0 Å². The highest BCUT2D eigenvalue weighted by molar-refractivity contribution is 8.00. The summed E-state index contributed by atoms with van der Waals surface area (Å²) < 4.78 is 0.478. The zero-order valence-corrected chi connectivity index (χ0v) is 7.78. The molecule has 1 aliphatic heterocycles. The highest BCUT2D eigenvalue weighted by atomic mass is 32.2. The Morgan fingerprint density at radius 2 is 2.45 bits per heavy atom. The van der Waals surface area contributed by atoms with Gasteiger partial charge in [0.1, 0.15) is 0 Å². The average Bonchev–Trinajstić information content (AvgIpc) is 2.55. The second kappa shape index (κ2) is 2.16. The molecule has 1 heterocycles. The van der Waals surface area contributed by atoms with Gasteiger partial charge in [-0.05, 0) is 18.6 Å². The Hall–Kier alpha value is -0.180. The van der Waals surface area contributed by atoms with E-state index in [1.807, 2.05) is 16.7 Å². The standard InChI is InChI=1S/C8H13NOS/c1-6(10)9-4-7-3-8(7,5-9)11-2/h7H,3-5H2,1-2H3. The van der Waals surface area contributed by atoms with Crippen molar-refractivity contribution in [2.24, 2.45) is 5.92 Å². The highest BCUT2D eigenvalue weighted by Crippen LogP contribution is 2.57. The van der Waals surface area contributed by atoms with Gasteiger partial charge in [-0.1, -0.05) is 0 Å². The Bertz CT molecular complexity index is 202. The number of rotatable bonds is 1. The molecule has 2 atom stereocenters. The van der Waals surface area contributed by atoms with Crippen LogP contribution in [0, 0.1) is 5.92 Å². The van der Waals surface area contributed by atoms with Crippen LogP contribution in [0.15, 0.2) is 0 Å². The molecule has 0 bridgehead atoms. The minimum Gasteiger partial charge on any atom is -0.341 e. The Labute approximate surface area is 71.3 Å². The van der Waals surface area contributed by atoms with Crippen LogP contribution in [0.3, 0.4) is 0 Å². The topological polar surface area (TPSA) is 20.3 Å². The molecular weight excluding hydrogens is 158 g/mol. The second-order valence-electron chi connectivity index (χ2n) is 3.57. The van der Waals surface area contributed by atoms with Crippen molar-refractivity contribution in [2.45, 2.75) is 18.1 Å². The molecule has 62 valence electrons. The lowest BCUT2D eigenvalue weighted by molar-refractivity contribution is -0.128. The van der Waals surface area contributed by atoms with Crippen LogP contribution in [-0.2, 0) is 4.79 Å². The van der Waals surface area contributed by atoms with E-state index in [4.69, 9.17) is 0 Å². The van der Waals surface area contributed by atoms with Crippen molar-refractivity contribution < 1.29 is 4.79 Å². The number of hydrogen-bond donors (Lipinski definition) is 0. The highest BCUT2D eigenvalue weighted by Gasteiger charge is 2.59. The number of piperidine rings is 1. The molecular formula is C8H13NOS. The van der Waals surface area contributed by atoms with Gasteiger partial charge in [0.05, 0.1) is 0 Å². The summed E-state index contributed by atoms with van der Waals surface area (Å²) in [5, 5.41) is 0. The number of carbonyl (C=O) groups is 1. The first-order valence-electron chi connectivity index (χ1n) is 3.98. The van der Waals surface area contributed by atoms with E-state index in [-0.39, 0.29) is 5.91 Å². The lowest BCUT2D eigenvalue weighted by atomic mass is 10.4. The molecule has 3 heteroatoms. The van der Waals surface area contributed by atoms with Gasteiger partial charge in [0.15, 0.2) is 0 Å². The Balaban J connectivity index is 2.02. The summed E-state index contributed by atoms with van der Waals surface area (Å²) in [7, 11) is 0. The summed E-state index contributed by atoms with van der Waals surface area (Å²) >= 11 is 1.94. The summed E-state index contributed by atoms with van der Waals surface area (Å²) in [5.74, 6) is 1.05. The number of hydrogen-bond acceptors (Lipinski definition) is 2. The SMILES string of the molecule is CSC12CC1CN(C(C)=O)C2. The van der Waals surface area contributed by atoms with Crippen LogP contribution in [0.1, 0.15) is 13.3 Å². The van der Waals surface area contributed by atoms with Gasteiger partial charge in [0.2, 0.25) is 5.91 Å². The van der Waals surface area contributed by atoms with Crippen LogP contribution < -0.4 is 0 Å². The van der Waals surface area contributed by atoms with E-state index in [0.29, 0.717) is 4.75 Å². The van der Waals surface area contributed by atoms with E-state index < -0.39 is 0 Å². The molecule has 1 saturated carbocycles. The predicted octanol–water partition coefficient (Wildman–Crippen LogP) is 0.970. The monoisotopic (exact) mass is 171 g/mol. The third-order valence-corrected chi connectivity index (χ3v) is 4.37. The minimum atomic E-state index is 0.241. The first-order chi connectivity index (χ1) is 5.18. The lowest BCUT2D eigenvalue weighted by Crippen LogP contribution is -2.30. The maximum atomic E-state index is 11.0. The molecule has 2 rings (SSSR count). The lowest BCUT2D eigenvalue weighted by Gasteiger charge is -2.17. The Morgan fingerprint density at radius 3 is 2.82 bits per heavy atom. The molecule has 1 saturated heterocycles. The van der Waals surface area contributed by atoms with Crippen LogP contribution in [0.2, 0.25) is 0 Å². The van der Waals surface area contributed by atoms with Gasteiger partial charge >= 0.3 is 0 Å². The van der Waals surface area contributed by atoms with E-state index >= 15 is 0 Å². The minimum absolute atomic E-state index is 0.241. The number of amides is 1. The first kappa shape index (κ1) is 7.47. The van der Waals surface area contributed by atoms with Crippen molar-refractivity contribution >= 4 is 17.7 Å². The average molecular weight is 171 g/mol. The largest absolute Gasteiger partial charge is 0.341 e. The molecule has 0 N–H and O–H groups in total. The Kier molecular flexibility index (Phi) is 1.46.